The van der Waals surface area contributed by atoms with Crippen molar-refractivity contribution < 1.29 is 13.2 Å². The predicted molar refractivity (Wildman–Crippen MR) is 83.9 cm³/mol. The molecule has 0 amide bonds. The molecular formula is C16H25NO3S. The molecule has 0 spiro atoms. The van der Waals surface area contributed by atoms with Gasteiger partial charge in [0.15, 0.2) is 0 Å². The van der Waals surface area contributed by atoms with Gasteiger partial charge in [0, 0.05) is 13.2 Å². The van der Waals surface area contributed by atoms with E-state index in [0.29, 0.717) is 17.4 Å². The third kappa shape index (κ3) is 4.53. The number of methoxy groups -OCH3 is 1. The maximum atomic E-state index is 12.2. The molecule has 1 atom stereocenters. The molecule has 0 aliphatic heterocycles. The Labute approximate surface area is 127 Å². The minimum atomic E-state index is -3.46. The number of hydrogen-bond donors (Lipinski definition) is 1. The predicted octanol–water partition coefficient (Wildman–Crippen LogP) is 3.05. The normalized spacial score (nSPS) is 18.6. The van der Waals surface area contributed by atoms with Gasteiger partial charge < -0.3 is 4.74 Å². The number of rotatable bonds is 6. The zero-order valence-electron chi connectivity index (χ0n) is 12.8. The highest BCUT2D eigenvalue weighted by Gasteiger charge is 2.19. The summed E-state index contributed by atoms with van der Waals surface area (Å²) < 4.78 is 32.1. The van der Waals surface area contributed by atoms with Crippen LogP contribution in [0.5, 0.6) is 0 Å². The van der Waals surface area contributed by atoms with Crippen LogP contribution in [-0.2, 0) is 14.8 Å². The Morgan fingerprint density at radius 3 is 2.38 bits per heavy atom. The quantitative estimate of drug-likeness (QED) is 0.878. The lowest BCUT2D eigenvalue weighted by Gasteiger charge is -2.22. The van der Waals surface area contributed by atoms with Crippen LogP contribution in [0.1, 0.15) is 50.5 Å². The summed E-state index contributed by atoms with van der Waals surface area (Å²) in [5, 5.41) is 0. The minimum absolute atomic E-state index is 0.238. The second-order valence-corrected chi connectivity index (χ2v) is 7.60. The van der Waals surface area contributed by atoms with Gasteiger partial charge >= 0.3 is 0 Å². The number of nitrogens with one attached hydrogen (secondary N) is 1. The summed E-state index contributed by atoms with van der Waals surface area (Å²) >= 11 is 0. The van der Waals surface area contributed by atoms with E-state index in [1.165, 1.54) is 37.7 Å². The van der Waals surface area contributed by atoms with E-state index in [9.17, 15) is 8.42 Å². The third-order valence-electron chi connectivity index (χ3n) is 4.04. The average Bonchev–Trinajstić information content (AvgIpc) is 2.48. The minimum Gasteiger partial charge on any atom is -0.383 e. The summed E-state index contributed by atoms with van der Waals surface area (Å²) in [5.41, 5.74) is 1.26. The first-order chi connectivity index (χ1) is 10.0. The first kappa shape index (κ1) is 16.5. The van der Waals surface area contributed by atoms with Crippen molar-refractivity contribution in [3.63, 3.8) is 0 Å². The summed E-state index contributed by atoms with van der Waals surface area (Å²) in [6.07, 6.45) is 6.32. The van der Waals surface area contributed by atoms with Crippen molar-refractivity contribution in [2.45, 2.75) is 55.9 Å². The lowest BCUT2D eigenvalue weighted by atomic mass is 9.84. The van der Waals surface area contributed by atoms with Gasteiger partial charge in [-0.05, 0) is 43.4 Å². The number of sulfonamides is 1. The van der Waals surface area contributed by atoms with Crippen molar-refractivity contribution in [1.82, 2.24) is 4.72 Å². The Kier molecular flexibility index (Phi) is 5.79. The zero-order valence-corrected chi connectivity index (χ0v) is 13.7. The molecule has 1 aliphatic carbocycles. The van der Waals surface area contributed by atoms with Crippen molar-refractivity contribution in [1.29, 1.82) is 0 Å². The van der Waals surface area contributed by atoms with E-state index >= 15 is 0 Å². The second-order valence-electron chi connectivity index (χ2n) is 5.88. The maximum absolute atomic E-state index is 12.2. The van der Waals surface area contributed by atoms with Crippen molar-refractivity contribution >= 4 is 10.0 Å². The van der Waals surface area contributed by atoms with E-state index in [2.05, 4.69) is 4.72 Å². The maximum Gasteiger partial charge on any atom is 0.240 e. The van der Waals surface area contributed by atoms with Gasteiger partial charge in [0.2, 0.25) is 10.0 Å². The number of ether oxygens (including phenoxy) is 1. The molecule has 1 aromatic carbocycles. The lowest BCUT2D eigenvalue weighted by Crippen LogP contribution is -2.35. The molecule has 1 fully saturated rings. The smallest absolute Gasteiger partial charge is 0.240 e. The average molecular weight is 311 g/mol. The summed E-state index contributed by atoms with van der Waals surface area (Å²) in [5.74, 6) is 0.593. The summed E-state index contributed by atoms with van der Waals surface area (Å²) in [4.78, 5) is 0.324. The molecular weight excluding hydrogens is 286 g/mol. The Hall–Kier alpha value is -0.910. The Bertz CT molecular complexity index is 533. The molecule has 1 aliphatic rings. The van der Waals surface area contributed by atoms with E-state index in [1.54, 1.807) is 26.2 Å². The van der Waals surface area contributed by atoms with Gasteiger partial charge in [-0.3, -0.25) is 0 Å². The highest BCUT2D eigenvalue weighted by molar-refractivity contribution is 7.89. The van der Waals surface area contributed by atoms with Crippen molar-refractivity contribution in [2.75, 3.05) is 13.7 Å². The Morgan fingerprint density at radius 1 is 1.19 bits per heavy atom. The van der Waals surface area contributed by atoms with Gasteiger partial charge in [0.1, 0.15) is 0 Å². The molecule has 1 aromatic rings. The van der Waals surface area contributed by atoms with Crippen LogP contribution in [0.2, 0.25) is 0 Å². The molecule has 1 unspecified atom stereocenters. The van der Waals surface area contributed by atoms with Crippen LogP contribution >= 0.6 is 0 Å². The van der Waals surface area contributed by atoms with Crippen LogP contribution in [0.3, 0.4) is 0 Å². The lowest BCUT2D eigenvalue weighted by molar-refractivity contribution is 0.180. The van der Waals surface area contributed by atoms with Gasteiger partial charge in [-0.2, -0.15) is 0 Å². The fraction of sp³-hybridized carbons (Fsp3) is 0.625. The molecule has 0 saturated heterocycles. The first-order valence-corrected chi connectivity index (χ1v) is 9.12. The summed E-state index contributed by atoms with van der Waals surface area (Å²) in [6.45, 7) is 2.15. The van der Waals surface area contributed by atoms with Crippen LogP contribution in [0.4, 0.5) is 0 Å². The molecule has 0 heterocycles. The first-order valence-electron chi connectivity index (χ1n) is 7.64. The number of hydrogen-bond acceptors (Lipinski definition) is 3. The van der Waals surface area contributed by atoms with Gasteiger partial charge in [0.05, 0.1) is 11.5 Å². The van der Waals surface area contributed by atoms with E-state index in [-0.39, 0.29) is 6.04 Å². The summed E-state index contributed by atoms with van der Waals surface area (Å²) in [7, 11) is -1.90. The molecule has 0 bridgehead atoms. The van der Waals surface area contributed by atoms with E-state index in [0.717, 1.165) is 0 Å². The van der Waals surface area contributed by atoms with Gasteiger partial charge in [-0.25, -0.2) is 13.1 Å². The summed E-state index contributed by atoms with van der Waals surface area (Å²) in [6, 6.07) is 7.12. The molecule has 4 nitrogen and oxygen atoms in total. The highest BCUT2D eigenvalue weighted by atomic mass is 32.2. The van der Waals surface area contributed by atoms with Gasteiger partial charge in [-0.1, -0.05) is 31.4 Å². The van der Waals surface area contributed by atoms with Gasteiger partial charge in [0.25, 0.3) is 0 Å². The molecule has 1 N–H and O–H groups in total. The topological polar surface area (TPSA) is 55.4 Å². The third-order valence-corrected chi connectivity index (χ3v) is 5.65. The Balaban J connectivity index is 2.06. The van der Waals surface area contributed by atoms with Crippen LogP contribution in [0.15, 0.2) is 29.2 Å². The molecule has 1 saturated carbocycles. The van der Waals surface area contributed by atoms with Crippen molar-refractivity contribution in [3.05, 3.63) is 29.8 Å². The monoisotopic (exact) mass is 311 g/mol. The fourth-order valence-corrected chi connectivity index (χ4v) is 4.20. The van der Waals surface area contributed by atoms with Gasteiger partial charge in [-0.15, -0.1) is 0 Å². The highest BCUT2D eigenvalue weighted by Crippen LogP contribution is 2.32. The van der Waals surface area contributed by atoms with Crippen LogP contribution in [-0.4, -0.2) is 28.2 Å². The van der Waals surface area contributed by atoms with E-state index < -0.39 is 10.0 Å². The Morgan fingerprint density at radius 2 is 1.81 bits per heavy atom. The van der Waals surface area contributed by atoms with Crippen LogP contribution < -0.4 is 4.72 Å². The second kappa shape index (κ2) is 7.38. The SMILES string of the molecule is COCC(C)NS(=O)(=O)c1ccc(C2CCCCC2)cc1. The molecule has 0 aromatic heterocycles. The number of benzene rings is 1. The van der Waals surface area contributed by atoms with E-state index in [1.807, 2.05) is 12.1 Å². The fourth-order valence-electron chi connectivity index (χ4n) is 2.97. The molecule has 0 radical (unpaired) electrons. The largest absolute Gasteiger partial charge is 0.383 e. The van der Waals surface area contributed by atoms with E-state index in [4.69, 9.17) is 4.74 Å². The standard InChI is InChI=1S/C16H25NO3S/c1-13(12-20-2)17-21(18,19)16-10-8-15(9-11-16)14-6-4-3-5-7-14/h8-11,13-14,17H,3-7,12H2,1-2H3. The molecule has 5 heteroatoms. The molecule has 118 valence electrons. The van der Waals surface area contributed by atoms with Crippen LogP contribution in [0.25, 0.3) is 0 Å². The van der Waals surface area contributed by atoms with Crippen molar-refractivity contribution in [2.24, 2.45) is 0 Å². The molecule has 21 heavy (non-hydrogen) atoms. The van der Waals surface area contributed by atoms with Crippen LogP contribution in [0, 0.1) is 0 Å². The van der Waals surface area contributed by atoms with Crippen molar-refractivity contribution in [3.8, 4) is 0 Å². The zero-order chi connectivity index (χ0) is 15.3. The molecule has 2 rings (SSSR count).